The third-order valence-electron chi connectivity index (χ3n) is 4.79. The third kappa shape index (κ3) is 2.63. The molecule has 118 valence electrons. The summed E-state index contributed by atoms with van der Waals surface area (Å²) in [5.41, 5.74) is 1.94. The van der Waals surface area contributed by atoms with E-state index in [9.17, 15) is 9.59 Å². The number of amides is 2. The minimum atomic E-state index is -0.0578. The van der Waals surface area contributed by atoms with Gasteiger partial charge in [0.2, 0.25) is 0 Å². The minimum absolute atomic E-state index is 0.0578. The fourth-order valence-corrected chi connectivity index (χ4v) is 3.79. The van der Waals surface area contributed by atoms with Crippen LogP contribution in [0.3, 0.4) is 0 Å². The average Bonchev–Trinajstić information content (AvgIpc) is 2.57. The zero-order chi connectivity index (χ0) is 15.8. The number of carbonyl (C=O) groups is 1. The molecule has 2 aliphatic heterocycles. The van der Waals surface area contributed by atoms with Crippen molar-refractivity contribution in [3.63, 3.8) is 0 Å². The molecular weight excluding hydrogens is 290 g/mol. The van der Waals surface area contributed by atoms with Crippen molar-refractivity contribution in [1.82, 2.24) is 9.47 Å². The number of aromatic nitrogens is 1. The maximum Gasteiger partial charge on any atom is 0.321 e. The molecule has 2 aromatic rings. The number of pyridine rings is 1. The molecule has 3 heterocycles. The summed E-state index contributed by atoms with van der Waals surface area (Å²) >= 11 is 0. The maximum absolute atomic E-state index is 12.5. The van der Waals surface area contributed by atoms with Crippen LogP contribution in [0.1, 0.15) is 18.0 Å². The molecule has 1 unspecified atom stereocenters. The topological polar surface area (TPSA) is 54.3 Å². The average molecular weight is 309 g/mol. The highest BCUT2D eigenvalue weighted by atomic mass is 16.2. The second kappa shape index (κ2) is 5.57. The van der Waals surface area contributed by atoms with Gasteiger partial charge in [-0.15, -0.1) is 0 Å². The van der Waals surface area contributed by atoms with Gasteiger partial charge in [0, 0.05) is 43.0 Å². The Labute approximate surface area is 134 Å². The van der Waals surface area contributed by atoms with E-state index in [0.717, 1.165) is 17.8 Å². The molecule has 1 N–H and O–H groups in total. The molecule has 0 radical (unpaired) electrons. The molecule has 1 fully saturated rings. The van der Waals surface area contributed by atoms with Crippen LogP contribution < -0.4 is 10.9 Å². The van der Waals surface area contributed by atoms with Gasteiger partial charge < -0.3 is 14.8 Å². The van der Waals surface area contributed by atoms with Crippen molar-refractivity contribution in [2.75, 3.05) is 18.4 Å². The van der Waals surface area contributed by atoms with Crippen LogP contribution in [-0.4, -0.2) is 28.6 Å². The number of para-hydroxylation sites is 1. The summed E-state index contributed by atoms with van der Waals surface area (Å²) in [6, 6.07) is 14.9. The maximum atomic E-state index is 12.5. The zero-order valence-corrected chi connectivity index (χ0v) is 12.8. The van der Waals surface area contributed by atoms with Crippen molar-refractivity contribution < 1.29 is 4.79 Å². The SMILES string of the molecule is O=C(Nc1ccccc1)N1CC2C[C@H](C1)c1cccc(=O)n1C2. The summed E-state index contributed by atoms with van der Waals surface area (Å²) in [7, 11) is 0. The van der Waals surface area contributed by atoms with Gasteiger partial charge in [0.1, 0.15) is 0 Å². The number of benzene rings is 1. The van der Waals surface area contributed by atoms with Gasteiger partial charge in [-0.2, -0.15) is 0 Å². The number of rotatable bonds is 1. The van der Waals surface area contributed by atoms with Gasteiger partial charge in [-0.1, -0.05) is 24.3 Å². The fraction of sp³-hybridized carbons (Fsp3) is 0.333. The standard InChI is InChI=1S/C18H19N3O2/c22-17-8-4-7-16-14-9-13(11-21(16)17)10-20(12-14)18(23)19-15-5-2-1-3-6-15/h1-8,13-14H,9-12H2,(H,19,23)/t13?,14-/m1/s1. The third-order valence-corrected chi connectivity index (χ3v) is 4.79. The second-order valence-electron chi connectivity index (χ2n) is 6.40. The highest BCUT2D eigenvalue weighted by Crippen LogP contribution is 2.35. The summed E-state index contributed by atoms with van der Waals surface area (Å²) < 4.78 is 1.88. The molecule has 5 nitrogen and oxygen atoms in total. The number of urea groups is 1. The Bertz CT molecular complexity index is 784. The van der Waals surface area contributed by atoms with E-state index in [1.165, 1.54) is 0 Å². The van der Waals surface area contributed by atoms with Crippen molar-refractivity contribution >= 4 is 11.7 Å². The van der Waals surface area contributed by atoms with Gasteiger partial charge in [-0.3, -0.25) is 4.79 Å². The first-order chi connectivity index (χ1) is 11.2. The lowest BCUT2D eigenvalue weighted by atomic mass is 9.83. The first kappa shape index (κ1) is 14.1. The lowest BCUT2D eigenvalue weighted by Crippen LogP contribution is -2.50. The Morgan fingerprint density at radius 3 is 2.65 bits per heavy atom. The quantitative estimate of drug-likeness (QED) is 0.880. The number of carbonyl (C=O) groups excluding carboxylic acids is 1. The van der Waals surface area contributed by atoms with Crippen LogP contribution in [0.2, 0.25) is 0 Å². The van der Waals surface area contributed by atoms with E-state index >= 15 is 0 Å². The van der Waals surface area contributed by atoms with E-state index in [0.29, 0.717) is 25.6 Å². The van der Waals surface area contributed by atoms with Crippen molar-refractivity contribution in [2.45, 2.75) is 18.9 Å². The van der Waals surface area contributed by atoms with E-state index in [1.54, 1.807) is 6.07 Å². The lowest BCUT2D eigenvalue weighted by Gasteiger charge is -2.42. The Kier molecular flexibility index (Phi) is 3.41. The van der Waals surface area contributed by atoms with Crippen LogP contribution in [-0.2, 0) is 6.54 Å². The van der Waals surface area contributed by atoms with Gasteiger partial charge >= 0.3 is 6.03 Å². The zero-order valence-electron chi connectivity index (χ0n) is 12.8. The molecule has 4 rings (SSSR count). The normalized spacial score (nSPS) is 22.3. The van der Waals surface area contributed by atoms with Gasteiger partial charge in [-0.05, 0) is 30.5 Å². The molecule has 0 aliphatic carbocycles. The van der Waals surface area contributed by atoms with Crippen LogP contribution in [0.5, 0.6) is 0 Å². The minimum Gasteiger partial charge on any atom is -0.324 e. The fourth-order valence-electron chi connectivity index (χ4n) is 3.79. The van der Waals surface area contributed by atoms with Crippen LogP contribution in [0, 0.1) is 5.92 Å². The van der Waals surface area contributed by atoms with E-state index in [-0.39, 0.29) is 17.5 Å². The summed E-state index contributed by atoms with van der Waals surface area (Å²) in [6.07, 6.45) is 1.05. The molecule has 2 atom stereocenters. The van der Waals surface area contributed by atoms with Crippen LogP contribution in [0.25, 0.3) is 0 Å². The van der Waals surface area contributed by atoms with E-state index in [1.807, 2.05) is 51.9 Å². The smallest absolute Gasteiger partial charge is 0.321 e. The molecular formula is C18H19N3O2. The molecule has 23 heavy (non-hydrogen) atoms. The van der Waals surface area contributed by atoms with Crippen molar-refractivity contribution in [2.24, 2.45) is 5.92 Å². The Hall–Kier alpha value is -2.56. The van der Waals surface area contributed by atoms with Crippen LogP contribution in [0.15, 0.2) is 53.3 Å². The number of anilines is 1. The number of nitrogens with zero attached hydrogens (tertiary/aromatic N) is 2. The van der Waals surface area contributed by atoms with Crippen LogP contribution >= 0.6 is 0 Å². The molecule has 1 saturated heterocycles. The lowest BCUT2D eigenvalue weighted by molar-refractivity contribution is 0.139. The highest BCUT2D eigenvalue weighted by molar-refractivity contribution is 5.89. The Balaban J connectivity index is 1.54. The largest absolute Gasteiger partial charge is 0.324 e. The van der Waals surface area contributed by atoms with E-state index in [4.69, 9.17) is 0 Å². The molecule has 2 amide bonds. The van der Waals surface area contributed by atoms with E-state index in [2.05, 4.69) is 5.32 Å². The van der Waals surface area contributed by atoms with Gasteiger partial charge in [0.05, 0.1) is 0 Å². The summed E-state index contributed by atoms with van der Waals surface area (Å²) in [5, 5.41) is 2.95. The number of piperidine rings is 1. The van der Waals surface area contributed by atoms with Crippen molar-refractivity contribution in [3.8, 4) is 0 Å². The monoisotopic (exact) mass is 309 g/mol. The van der Waals surface area contributed by atoms with Gasteiger partial charge in [0.15, 0.2) is 0 Å². The van der Waals surface area contributed by atoms with Gasteiger partial charge in [0.25, 0.3) is 5.56 Å². The number of likely N-dealkylation sites (tertiary alicyclic amines) is 1. The predicted molar refractivity (Wildman–Crippen MR) is 88.6 cm³/mol. The molecule has 5 heteroatoms. The summed E-state index contributed by atoms with van der Waals surface area (Å²) in [5.74, 6) is 0.598. The van der Waals surface area contributed by atoms with E-state index < -0.39 is 0 Å². The first-order valence-electron chi connectivity index (χ1n) is 8.01. The second-order valence-corrected chi connectivity index (χ2v) is 6.40. The predicted octanol–water partition coefficient (Wildman–Crippen LogP) is 2.50. The number of fused-ring (bicyclic) bond motifs is 4. The number of hydrogen-bond donors (Lipinski definition) is 1. The van der Waals surface area contributed by atoms with Crippen molar-refractivity contribution in [1.29, 1.82) is 0 Å². The van der Waals surface area contributed by atoms with Gasteiger partial charge in [-0.25, -0.2) is 4.79 Å². The highest BCUT2D eigenvalue weighted by Gasteiger charge is 2.36. The molecule has 1 aromatic heterocycles. The summed E-state index contributed by atoms with van der Waals surface area (Å²) in [6.45, 7) is 2.08. The molecule has 1 aromatic carbocycles. The first-order valence-corrected chi connectivity index (χ1v) is 8.01. The number of hydrogen-bond acceptors (Lipinski definition) is 2. The Morgan fingerprint density at radius 2 is 1.83 bits per heavy atom. The molecule has 2 aliphatic rings. The Morgan fingerprint density at radius 1 is 1.00 bits per heavy atom. The molecule has 2 bridgehead atoms. The molecule has 0 spiro atoms. The van der Waals surface area contributed by atoms with Crippen LogP contribution in [0.4, 0.5) is 10.5 Å². The van der Waals surface area contributed by atoms with Crippen molar-refractivity contribution in [3.05, 3.63) is 64.6 Å². The number of nitrogens with one attached hydrogen (secondary N) is 1. The summed E-state index contributed by atoms with van der Waals surface area (Å²) in [4.78, 5) is 26.4. The molecule has 0 saturated carbocycles.